The minimum Gasteiger partial charge on any atom is -0.497 e. The second kappa shape index (κ2) is 8.51. The van der Waals surface area contributed by atoms with Gasteiger partial charge in [-0.25, -0.2) is 5.43 Å². The molecule has 6 nitrogen and oxygen atoms in total. The van der Waals surface area contributed by atoms with Crippen LogP contribution in [0.3, 0.4) is 0 Å². The summed E-state index contributed by atoms with van der Waals surface area (Å²) in [7, 11) is 1.57. The highest BCUT2D eigenvalue weighted by Gasteiger charge is 2.07. The summed E-state index contributed by atoms with van der Waals surface area (Å²) >= 11 is 9.83. The smallest absolute Gasteiger partial charge is 0.277 e. The van der Waals surface area contributed by atoms with Gasteiger partial charge in [-0.2, -0.15) is 5.10 Å². The third kappa shape index (κ3) is 5.36. The average Bonchev–Trinajstić information content (AvgIpc) is 2.84. The number of ether oxygens (including phenoxy) is 2. The number of nitrogens with zero attached hydrogens (tertiary/aromatic N) is 1. The Labute approximate surface area is 157 Å². The molecule has 0 atom stereocenters. The maximum Gasteiger partial charge on any atom is 0.277 e. The van der Waals surface area contributed by atoms with Crippen molar-refractivity contribution in [1.29, 1.82) is 0 Å². The van der Waals surface area contributed by atoms with Gasteiger partial charge in [0.05, 0.1) is 22.3 Å². The lowest BCUT2D eigenvalue weighted by atomic mass is 10.3. The van der Waals surface area contributed by atoms with Gasteiger partial charge in [0, 0.05) is 6.07 Å². The van der Waals surface area contributed by atoms with Crippen molar-refractivity contribution in [2.24, 2.45) is 5.10 Å². The van der Waals surface area contributed by atoms with Gasteiger partial charge in [-0.3, -0.25) is 4.79 Å². The number of carbonyl (C=O) groups is 1. The Morgan fingerprint density at radius 2 is 2.09 bits per heavy atom. The highest BCUT2D eigenvalue weighted by molar-refractivity contribution is 9.13. The first-order valence-electron chi connectivity index (χ1n) is 6.22. The van der Waals surface area contributed by atoms with Crippen molar-refractivity contribution in [3.05, 3.63) is 43.6 Å². The Kier molecular flexibility index (Phi) is 6.67. The normalized spacial score (nSPS) is 10.8. The molecule has 1 amide bonds. The first-order chi connectivity index (χ1) is 11.0. The number of halogens is 3. The topological polar surface area (TPSA) is 73.1 Å². The maximum atomic E-state index is 11.7. The molecule has 0 saturated carbocycles. The van der Waals surface area contributed by atoms with E-state index in [2.05, 4.69) is 58.3 Å². The lowest BCUT2D eigenvalue weighted by molar-refractivity contribution is -0.123. The molecule has 1 aromatic carbocycles. The molecule has 0 bridgehead atoms. The molecule has 0 aliphatic carbocycles. The lowest BCUT2D eigenvalue weighted by Gasteiger charge is -2.08. The van der Waals surface area contributed by atoms with Crippen LogP contribution >= 0.6 is 47.8 Å². The fourth-order valence-electron chi connectivity index (χ4n) is 1.50. The van der Waals surface area contributed by atoms with Crippen molar-refractivity contribution in [3.63, 3.8) is 0 Å². The van der Waals surface area contributed by atoms with Crippen LogP contribution in [-0.2, 0) is 4.79 Å². The number of rotatable bonds is 6. The van der Waals surface area contributed by atoms with Crippen molar-refractivity contribution in [2.75, 3.05) is 13.7 Å². The van der Waals surface area contributed by atoms with E-state index < -0.39 is 5.91 Å². The molecular formula is C14H11Br3N2O4. The average molecular weight is 511 g/mol. The number of amides is 1. The molecule has 1 heterocycles. The van der Waals surface area contributed by atoms with Crippen molar-refractivity contribution in [2.45, 2.75) is 0 Å². The number of hydrazone groups is 1. The van der Waals surface area contributed by atoms with Crippen LogP contribution in [0.1, 0.15) is 5.76 Å². The molecule has 2 rings (SSSR count). The van der Waals surface area contributed by atoms with E-state index >= 15 is 0 Å². The van der Waals surface area contributed by atoms with Crippen LogP contribution in [0.25, 0.3) is 0 Å². The van der Waals surface area contributed by atoms with Gasteiger partial charge >= 0.3 is 0 Å². The van der Waals surface area contributed by atoms with E-state index in [-0.39, 0.29) is 6.61 Å². The second-order valence-electron chi connectivity index (χ2n) is 4.15. The zero-order chi connectivity index (χ0) is 16.8. The third-order valence-corrected chi connectivity index (χ3v) is 4.87. The molecule has 9 heteroatoms. The van der Waals surface area contributed by atoms with E-state index in [0.29, 0.717) is 26.4 Å². The van der Waals surface area contributed by atoms with Gasteiger partial charge in [0.1, 0.15) is 17.3 Å². The van der Waals surface area contributed by atoms with Gasteiger partial charge in [0.25, 0.3) is 5.91 Å². The van der Waals surface area contributed by atoms with Crippen LogP contribution in [-0.4, -0.2) is 25.8 Å². The largest absolute Gasteiger partial charge is 0.497 e. The Morgan fingerprint density at radius 3 is 2.70 bits per heavy atom. The van der Waals surface area contributed by atoms with Crippen LogP contribution in [0.5, 0.6) is 11.5 Å². The standard InChI is InChI=1S/C14H11Br3N2O4/c1-21-8-2-3-12(10(15)4-8)22-7-13(20)19-18-6-9-5-11(16)14(17)23-9/h2-6H,7H2,1H3,(H,19,20). The summed E-state index contributed by atoms with van der Waals surface area (Å²) in [4.78, 5) is 11.7. The first kappa shape index (κ1) is 18.0. The minimum atomic E-state index is -0.395. The van der Waals surface area contributed by atoms with Crippen LogP contribution < -0.4 is 14.9 Å². The molecule has 0 unspecified atom stereocenters. The molecule has 0 spiro atoms. The molecule has 0 aliphatic rings. The predicted molar refractivity (Wildman–Crippen MR) is 96.0 cm³/mol. The van der Waals surface area contributed by atoms with Crippen LogP contribution in [0.4, 0.5) is 0 Å². The molecule has 1 N–H and O–H groups in total. The molecule has 0 aliphatic heterocycles. The summed E-state index contributed by atoms with van der Waals surface area (Å²) in [6, 6.07) is 6.91. The number of methoxy groups -OCH3 is 1. The van der Waals surface area contributed by atoms with Gasteiger partial charge in [-0.15, -0.1) is 0 Å². The number of furan rings is 1. The molecule has 1 aromatic heterocycles. The Morgan fingerprint density at radius 1 is 1.30 bits per heavy atom. The summed E-state index contributed by atoms with van der Waals surface area (Å²) in [5.41, 5.74) is 2.35. The number of hydrogen-bond donors (Lipinski definition) is 1. The Balaban J connectivity index is 1.83. The van der Waals surface area contributed by atoms with E-state index in [1.807, 2.05) is 0 Å². The number of hydrogen-bond acceptors (Lipinski definition) is 5. The van der Waals surface area contributed by atoms with Crippen molar-refractivity contribution < 1.29 is 18.7 Å². The molecule has 0 radical (unpaired) electrons. The van der Waals surface area contributed by atoms with E-state index in [1.54, 1.807) is 31.4 Å². The maximum absolute atomic E-state index is 11.7. The SMILES string of the molecule is COc1ccc(OCC(=O)NN=Cc2cc(Br)c(Br)o2)c(Br)c1. The van der Waals surface area contributed by atoms with Gasteiger partial charge in [0.2, 0.25) is 0 Å². The Bertz CT molecular complexity index is 711. The number of nitrogens with one attached hydrogen (secondary N) is 1. The van der Waals surface area contributed by atoms with Gasteiger partial charge in [0.15, 0.2) is 11.3 Å². The number of carbonyl (C=O) groups excluding carboxylic acids is 1. The van der Waals surface area contributed by atoms with Crippen molar-refractivity contribution in [1.82, 2.24) is 5.43 Å². The summed E-state index contributed by atoms with van der Waals surface area (Å²) in [6.07, 6.45) is 1.39. The zero-order valence-electron chi connectivity index (χ0n) is 11.8. The molecular weight excluding hydrogens is 500 g/mol. The van der Waals surface area contributed by atoms with E-state index in [4.69, 9.17) is 13.9 Å². The van der Waals surface area contributed by atoms with Crippen LogP contribution in [0.2, 0.25) is 0 Å². The minimum absolute atomic E-state index is 0.173. The van der Waals surface area contributed by atoms with E-state index in [9.17, 15) is 4.79 Å². The molecule has 0 saturated heterocycles. The van der Waals surface area contributed by atoms with Crippen LogP contribution in [0.15, 0.2) is 47.4 Å². The van der Waals surface area contributed by atoms with Gasteiger partial charge < -0.3 is 13.9 Å². The number of benzene rings is 1. The van der Waals surface area contributed by atoms with Crippen molar-refractivity contribution >= 4 is 59.9 Å². The van der Waals surface area contributed by atoms with E-state index in [1.165, 1.54) is 6.21 Å². The molecule has 122 valence electrons. The summed E-state index contributed by atoms with van der Waals surface area (Å²) in [6.45, 7) is -0.173. The predicted octanol–water partition coefficient (Wildman–Crippen LogP) is 4.10. The fraction of sp³-hybridized carbons (Fsp3) is 0.143. The van der Waals surface area contributed by atoms with E-state index in [0.717, 1.165) is 4.47 Å². The fourth-order valence-corrected chi connectivity index (χ4v) is 2.58. The highest BCUT2D eigenvalue weighted by atomic mass is 79.9. The van der Waals surface area contributed by atoms with Gasteiger partial charge in [-0.1, -0.05) is 0 Å². The monoisotopic (exact) mass is 508 g/mol. The highest BCUT2D eigenvalue weighted by Crippen LogP contribution is 2.29. The summed E-state index contributed by atoms with van der Waals surface area (Å²) in [5.74, 6) is 1.31. The first-order valence-corrected chi connectivity index (χ1v) is 8.60. The zero-order valence-corrected chi connectivity index (χ0v) is 16.6. The molecule has 2 aromatic rings. The van der Waals surface area contributed by atoms with Gasteiger partial charge in [-0.05, 0) is 66.0 Å². The summed E-state index contributed by atoms with van der Waals surface area (Å²) in [5, 5.41) is 3.79. The Hall–Kier alpha value is -1.32. The molecule has 23 heavy (non-hydrogen) atoms. The quantitative estimate of drug-likeness (QED) is 0.469. The van der Waals surface area contributed by atoms with Crippen molar-refractivity contribution in [3.8, 4) is 11.5 Å². The van der Waals surface area contributed by atoms with Crippen LogP contribution in [0, 0.1) is 0 Å². The summed E-state index contributed by atoms with van der Waals surface area (Å²) < 4.78 is 17.8. The lowest BCUT2D eigenvalue weighted by Crippen LogP contribution is -2.24. The third-order valence-electron chi connectivity index (χ3n) is 2.54. The molecule has 0 fully saturated rings. The second-order valence-corrected chi connectivity index (χ2v) is 6.58.